The van der Waals surface area contributed by atoms with Crippen molar-refractivity contribution >= 4 is 16.0 Å². The molecule has 8 atom stereocenters. The lowest BCUT2D eigenvalue weighted by molar-refractivity contribution is -0.308. The van der Waals surface area contributed by atoms with Crippen LogP contribution in [0, 0.1) is 0 Å². The van der Waals surface area contributed by atoms with Gasteiger partial charge in [-0.1, -0.05) is 109 Å². The summed E-state index contributed by atoms with van der Waals surface area (Å²) in [6.07, 6.45) is -4.21. The van der Waals surface area contributed by atoms with E-state index < -0.39 is 71.6 Å². The number of nitrogens with one attached hydrogen (secondary N) is 1. The fourth-order valence-electron chi connectivity index (χ4n) is 6.30. The van der Waals surface area contributed by atoms with Crippen LogP contribution in [0.25, 0.3) is 0 Å². The Balaban J connectivity index is 1.36. The number of aliphatic hydroxyl groups is 1. The molecule has 6 rings (SSSR count). The molecule has 4 aromatic rings. The smallest absolute Gasteiger partial charge is 0.303 e. The lowest BCUT2D eigenvalue weighted by Crippen LogP contribution is -2.67. The minimum atomic E-state index is -4.24. The van der Waals surface area contributed by atoms with E-state index in [1.165, 1.54) is 25.3 Å². The van der Waals surface area contributed by atoms with Gasteiger partial charge in [0.2, 0.25) is 10.0 Å². The molecule has 2 heterocycles. The normalized spacial score (nSPS) is 25.4. The molecule has 2 aliphatic rings. The van der Waals surface area contributed by atoms with E-state index in [1.807, 2.05) is 91.0 Å². The van der Waals surface area contributed by atoms with Crippen LogP contribution in [0.4, 0.5) is 0 Å². The minimum absolute atomic E-state index is 0.0100. The van der Waals surface area contributed by atoms with Gasteiger partial charge in [-0.3, -0.25) is 4.79 Å². The molecule has 2 aliphatic heterocycles. The second-order valence-electron chi connectivity index (χ2n) is 12.9. The highest BCUT2D eigenvalue weighted by atomic mass is 32.2. The van der Waals surface area contributed by atoms with Crippen LogP contribution in [0.5, 0.6) is 0 Å². The lowest BCUT2D eigenvalue weighted by atomic mass is 9.96. The Kier molecular flexibility index (Phi) is 14.0. The summed E-state index contributed by atoms with van der Waals surface area (Å²) in [4.78, 5) is 12.7. The number of sulfonamides is 1. The van der Waals surface area contributed by atoms with E-state index in [9.17, 15) is 18.3 Å². The van der Waals surface area contributed by atoms with Gasteiger partial charge >= 0.3 is 5.97 Å². The highest BCUT2D eigenvalue weighted by molar-refractivity contribution is 7.89. The molecule has 1 saturated heterocycles. The molecule has 13 heteroatoms. The van der Waals surface area contributed by atoms with Crippen molar-refractivity contribution in [3.8, 4) is 0 Å². The first-order valence-corrected chi connectivity index (χ1v) is 19.2. The Morgan fingerprint density at radius 3 is 1.85 bits per heavy atom. The van der Waals surface area contributed by atoms with Crippen molar-refractivity contribution in [1.29, 1.82) is 0 Å². The Labute approximate surface area is 315 Å². The van der Waals surface area contributed by atoms with Gasteiger partial charge in [-0.2, -0.15) is 0 Å². The molecule has 12 nitrogen and oxygen atoms in total. The summed E-state index contributed by atoms with van der Waals surface area (Å²) in [6, 6.07) is 34.9. The van der Waals surface area contributed by atoms with Crippen LogP contribution in [-0.4, -0.2) is 81.7 Å². The molecule has 0 spiro atoms. The number of aliphatic hydroxyl groups excluding tert-OH is 1. The first-order valence-electron chi connectivity index (χ1n) is 17.7. The Morgan fingerprint density at radius 2 is 1.28 bits per heavy atom. The van der Waals surface area contributed by atoms with Crippen molar-refractivity contribution < 1.29 is 51.5 Å². The van der Waals surface area contributed by atoms with E-state index in [4.69, 9.17) is 33.2 Å². The first kappa shape index (κ1) is 39.3. The van der Waals surface area contributed by atoms with Crippen molar-refractivity contribution in [1.82, 2.24) is 4.72 Å². The van der Waals surface area contributed by atoms with Crippen LogP contribution >= 0.6 is 0 Å². The summed E-state index contributed by atoms with van der Waals surface area (Å²) in [7, 11) is -4.24. The maximum absolute atomic E-state index is 14.0. The predicted molar refractivity (Wildman–Crippen MR) is 197 cm³/mol. The Hall–Kier alpha value is -4.44. The zero-order chi connectivity index (χ0) is 37.8. The molecule has 0 aliphatic carbocycles. The minimum Gasteiger partial charge on any atom is -0.493 e. The molecule has 0 radical (unpaired) electrons. The third kappa shape index (κ3) is 10.6. The fraction of sp³-hybridized carbons (Fsp3) is 0.341. The standard InChI is InChI=1S/C41H45NO11S/c1-29(44)51-39-36(28-47-25-30-14-6-2-7-15-30)52-41(53-38-34(22-23-48-35(38)24-43)49-26-31-16-8-3-9-17-31)37(40(39)50-27-32-18-10-4-11-19-32)42-54(45,46)33-20-12-5-13-21-33/h2-23,34-43H,24-28H2,1H3/t34-,35?,36?,37?,38-,39+,40-,41+/m1/s1. The molecule has 0 amide bonds. The second-order valence-corrected chi connectivity index (χ2v) is 14.6. The fourth-order valence-corrected chi connectivity index (χ4v) is 7.55. The Bertz CT molecular complexity index is 1870. The molecule has 0 saturated carbocycles. The average molecular weight is 760 g/mol. The largest absolute Gasteiger partial charge is 0.493 e. The van der Waals surface area contributed by atoms with Crippen LogP contribution in [0.15, 0.2) is 139 Å². The van der Waals surface area contributed by atoms with Crippen molar-refractivity contribution in [3.05, 3.63) is 150 Å². The summed E-state index contributed by atoms with van der Waals surface area (Å²) >= 11 is 0. The van der Waals surface area contributed by atoms with Gasteiger partial charge in [-0.05, 0) is 34.9 Å². The number of esters is 1. The topological polar surface area (TPSA) is 148 Å². The summed E-state index contributed by atoms with van der Waals surface area (Å²) in [5.41, 5.74) is 2.62. The zero-order valence-corrected chi connectivity index (χ0v) is 30.6. The summed E-state index contributed by atoms with van der Waals surface area (Å²) in [5, 5.41) is 10.4. The van der Waals surface area contributed by atoms with E-state index >= 15 is 0 Å². The maximum Gasteiger partial charge on any atom is 0.303 e. The van der Waals surface area contributed by atoms with Crippen LogP contribution in [0.2, 0.25) is 0 Å². The SMILES string of the molecule is CC(=O)O[C@H]1C(COCc2ccccc2)O[C@@H](O[C@H]2C(CO)OC=C[C@H]2OCc2ccccc2)C(NS(=O)(=O)c2ccccc2)[C@H]1OCc1ccccc1. The molecular weight excluding hydrogens is 715 g/mol. The first-order chi connectivity index (χ1) is 26.3. The highest BCUT2D eigenvalue weighted by Gasteiger charge is 2.52. The molecule has 0 bridgehead atoms. The van der Waals surface area contributed by atoms with Crippen molar-refractivity contribution in [3.63, 3.8) is 0 Å². The van der Waals surface area contributed by atoms with Crippen molar-refractivity contribution in [2.45, 2.75) is 80.6 Å². The van der Waals surface area contributed by atoms with Gasteiger partial charge in [0.15, 0.2) is 12.4 Å². The molecule has 0 aromatic heterocycles. The quantitative estimate of drug-likeness (QED) is 0.145. The highest BCUT2D eigenvalue weighted by Crippen LogP contribution is 2.32. The number of hydrogen-bond donors (Lipinski definition) is 2. The molecule has 1 fully saturated rings. The van der Waals surface area contributed by atoms with Gasteiger partial charge in [0.05, 0.1) is 44.2 Å². The van der Waals surface area contributed by atoms with Gasteiger partial charge in [0.1, 0.15) is 36.6 Å². The van der Waals surface area contributed by atoms with Crippen LogP contribution in [0.1, 0.15) is 23.6 Å². The number of ether oxygens (including phenoxy) is 7. The summed E-state index contributed by atoms with van der Waals surface area (Å²) in [5.74, 6) is -0.630. The van der Waals surface area contributed by atoms with Gasteiger partial charge in [-0.15, -0.1) is 0 Å². The third-order valence-corrected chi connectivity index (χ3v) is 10.4. The van der Waals surface area contributed by atoms with Crippen molar-refractivity contribution in [2.75, 3.05) is 13.2 Å². The monoisotopic (exact) mass is 759 g/mol. The van der Waals surface area contributed by atoms with Gasteiger partial charge in [0.25, 0.3) is 0 Å². The van der Waals surface area contributed by atoms with E-state index in [-0.39, 0.29) is 31.3 Å². The number of rotatable bonds is 17. The molecule has 4 aromatic carbocycles. The molecular formula is C41H45NO11S. The predicted octanol–water partition coefficient (Wildman–Crippen LogP) is 4.67. The van der Waals surface area contributed by atoms with E-state index in [0.717, 1.165) is 16.7 Å². The van der Waals surface area contributed by atoms with E-state index in [2.05, 4.69) is 4.72 Å². The van der Waals surface area contributed by atoms with Crippen molar-refractivity contribution in [2.24, 2.45) is 0 Å². The third-order valence-electron chi connectivity index (χ3n) is 8.94. The zero-order valence-electron chi connectivity index (χ0n) is 29.8. The van der Waals surface area contributed by atoms with Crippen LogP contribution in [0.3, 0.4) is 0 Å². The van der Waals surface area contributed by atoms with Crippen LogP contribution in [-0.2, 0) is 67.8 Å². The summed E-state index contributed by atoms with van der Waals surface area (Å²) < 4.78 is 74.6. The molecule has 286 valence electrons. The molecule has 54 heavy (non-hydrogen) atoms. The number of carbonyl (C=O) groups excluding carboxylic acids is 1. The number of benzene rings is 4. The van der Waals surface area contributed by atoms with Gasteiger partial charge in [0, 0.05) is 6.92 Å². The number of hydrogen-bond acceptors (Lipinski definition) is 11. The molecule has 2 N–H and O–H groups in total. The van der Waals surface area contributed by atoms with Gasteiger partial charge in [-0.25, -0.2) is 13.1 Å². The van der Waals surface area contributed by atoms with E-state index in [1.54, 1.807) is 24.3 Å². The second kappa shape index (κ2) is 19.2. The Morgan fingerprint density at radius 1 is 0.722 bits per heavy atom. The number of carbonyl (C=O) groups is 1. The van der Waals surface area contributed by atoms with E-state index in [0.29, 0.717) is 0 Å². The average Bonchev–Trinajstić information content (AvgIpc) is 3.19. The van der Waals surface area contributed by atoms with Gasteiger partial charge < -0.3 is 38.3 Å². The summed E-state index contributed by atoms with van der Waals surface area (Å²) in [6.45, 7) is 1.22. The maximum atomic E-state index is 14.0. The van der Waals surface area contributed by atoms with Crippen LogP contribution < -0.4 is 4.72 Å². The lowest BCUT2D eigenvalue weighted by Gasteiger charge is -2.47. The molecule has 3 unspecified atom stereocenters.